The molecule has 4 aromatic carbocycles. The Morgan fingerprint density at radius 3 is 2.15 bits per heavy atom. The molecule has 0 aliphatic carbocycles. The second kappa shape index (κ2) is 11.1. The maximum atomic E-state index is 13.9. The fourth-order valence-corrected chi connectivity index (χ4v) is 4.78. The average molecular weight is 523 g/mol. The second-order valence-corrected chi connectivity index (χ2v) is 10.3. The summed E-state index contributed by atoms with van der Waals surface area (Å²) in [6.07, 6.45) is 0.719. The van der Waals surface area contributed by atoms with E-state index in [1.807, 2.05) is 53.4 Å². The van der Waals surface area contributed by atoms with E-state index in [0.29, 0.717) is 30.1 Å². The van der Waals surface area contributed by atoms with Crippen molar-refractivity contribution in [3.05, 3.63) is 131 Å². The zero-order chi connectivity index (χ0) is 27.4. The Kier molecular flexibility index (Phi) is 7.46. The fraction of sp³-hybridized carbons (Fsp3) is 0.212. The van der Waals surface area contributed by atoms with Gasteiger partial charge in [0.2, 0.25) is 0 Å². The van der Waals surface area contributed by atoms with Gasteiger partial charge in [-0.1, -0.05) is 72.8 Å². The monoisotopic (exact) mass is 522 g/mol. The van der Waals surface area contributed by atoms with Crippen molar-refractivity contribution >= 4 is 17.5 Å². The van der Waals surface area contributed by atoms with E-state index in [1.54, 1.807) is 49.1 Å². The number of carbonyl (C=O) groups is 2. The van der Waals surface area contributed by atoms with Gasteiger partial charge < -0.3 is 14.5 Å². The molecule has 5 rings (SSSR count). The van der Waals surface area contributed by atoms with Gasteiger partial charge in [0.15, 0.2) is 5.60 Å². The highest BCUT2D eigenvalue weighted by atomic mass is 19.1. The van der Waals surface area contributed by atoms with Crippen LogP contribution in [0.15, 0.2) is 103 Å². The molecule has 0 radical (unpaired) electrons. The first-order valence-electron chi connectivity index (χ1n) is 13.1. The first-order valence-corrected chi connectivity index (χ1v) is 13.1. The number of halogens is 1. The molecule has 0 spiro atoms. The maximum Gasteiger partial charge on any atom is 0.271 e. The maximum absolute atomic E-state index is 13.9. The Labute approximate surface area is 228 Å². The van der Waals surface area contributed by atoms with Gasteiger partial charge in [0.1, 0.15) is 11.6 Å². The first-order chi connectivity index (χ1) is 18.8. The molecular formula is C33H31FN2O3. The van der Waals surface area contributed by atoms with Crippen molar-refractivity contribution in [2.45, 2.75) is 39.0 Å². The lowest BCUT2D eigenvalue weighted by Gasteiger charge is -2.39. The van der Waals surface area contributed by atoms with Crippen LogP contribution in [0.4, 0.5) is 10.1 Å². The van der Waals surface area contributed by atoms with Crippen molar-refractivity contribution in [1.29, 1.82) is 0 Å². The molecule has 1 heterocycles. The van der Waals surface area contributed by atoms with Crippen molar-refractivity contribution in [3.8, 4) is 5.75 Å². The highest BCUT2D eigenvalue weighted by Crippen LogP contribution is 2.39. The molecule has 0 unspecified atom stereocenters. The Morgan fingerprint density at radius 2 is 1.49 bits per heavy atom. The molecule has 2 amide bonds. The molecule has 0 saturated heterocycles. The van der Waals surface area contributed by atoms with Gasteiger partial charge in [-0.2, -0.15) is 0 Å². The van der Waals surface area contributed by atoms with Gasteiger partial charge in [-0.3, -0.25) is 9.59 Å². The van der Waals surface area contributed by atoms with Gasteiger partial charge in [0.25, 0.3) is 11.8 Å². The molecule has 0 bridgehead atoms. The van der Waals surface area contributed by atoms with Crippen LogP contribution < -0.4 is 9.64 Å². The van der Waals surface area contributed by atoms with E-state index in [2.05, 4.69) is 12.1 Å². The van der Waals surface area contributed by atoms with E-state index in [1.165, 1.54) is 12.1 Å². The summed E-state index contributed by atoms with van der Waals surface area (Å²) >= 11 is 0. The molecule has 1 aliphatic rings. The van der Waals surface area contributed by atoms with Gasteiger partial charge in [0, 0.05) is 18.7 Å². The zero-order valence-electron chi connectivity index (χ0n) is 22.1. The van der Waals surface area contributed by atoms with E-state index >= 15 is 0 Å². The largest absolute Gasteiger partial charge is 0.476 e. The lowest BCUT2D eigenvalue weighted by molar-refractivity contribution is -0.132. The summed E-state index contributed by atoms with van der Waals surface area (Å²) in [6, 6.07) is 31.3. The summed E-state index contributed by atoms with van der Waals surface area (Å²) < 4.78 is 19.5. The molecule has 0 fully saturated rings. The summed E-state index contributed by atoms with van der Waals surface area (Å²) in [7, 11) is 0. The Bertz CT molecular complexity index is 1450. The summed E-state index contributed by atoms with van der Waals surface area (Å²) in [6.45, 7) is 4.68. The van der Waals surface area contributed by atoms with E-state index in [9.17, 15) is 14.0 Å². The summed E-state index contributed by atoms with van der Waals surface area (Å²) in [5.74, 6) is -0.169. The third-order valence-corrected chi connectivity index (χ3v) is 6.89. The molecule has 6 heteroatoms. The normalized spacial score (nSPS) is 13.9. The van der Waals surface area contributed by atoms with Crippen molar-refractivity contribution in [2.24, 2.45) is 0 Å². The highest BCUT2D eigenvalue weighted by molar-refractivity contribution is 6.04. The van der Waals surface area contributed by atoms with Crippen molar-refractivity contribution in [1.82, 2.24) is 4.90 Å². The minimum absolute atomic E-state index is 0.128. The smallest absolute Gasteiger partial charge is 0.271 e. The number of rotatable bonds is 8. The third kappa shape index (κ3) is 6.01. The summed E-state index contributed by atoms with van der Waals surface area (Å²) in [5.41, 5.74) is 2.89. The molecule has 0 N–H and O–H groups in total. The Hall–Kier alpha value is -4.45. The van der Waals surface area contributed by atoms with Gasteiger partial charge in [0.05, 0.1) is 12.2 Å². The van der Waals surface area contributed by atoms with Crippen LogP contribution >= 0.6 is 0 Å². The third-order valence-electron chi connectivity index (χ3n) is 6.89. The molecule has 198 valence electrons. The Morgan fingerprint density at radius 1 is 0.846 bits per heavy atom. The van der Waals surface area contributed by atoms with Crippen LogP contribution in [0, 0.1) is 5.82 Å². The molecule has 39 heavy (non-hydrogen) atoms. The predicted molar refractivity (Wildman–Crippen MR) is 150 cm³/mol. The lowest BCUT2D eigenvalue weighted by Crippen LogP contribution is -2.52. The number of hydrogen-bond acceptors (Lipinski definition) is 3. The number of anilines is 1. The number of amides is 2. The van der Waals surface area contributed by atoms with Crippen LogP contribution in [0.1, 0.15) is 40.9 Å². The second-order valence-electron chi connectivity index (χ2n) is 10.3. The summed E-state index contributed by atoms with van der Waals surface area (Å²) in [5, 5.41) is 0. The van der Waals surface area contributed by atoms with Gasteiger partial charge in [-0.05, 0) is 67.3 Å². The topological polar surface area (TPSA) is 49.9 Å². The predicted octanol–water partition coefficient (Wildman–Crippen LogP) is 6.42. The number of carbonyl (C=O) groups excluding carboxylic acids is 2. The zero-order valence-corrected chi connectivity index (χ0v) is 22.1. The quantitative estimate of drug-likeness (QED) is 0.269. The molecular weight excluding hydrogens is 491 g/mol. The minimum atomic E-state index is -1.08. The number of hydrogen-bond donors (Lipinski definition) is 0. The van der Waals surface area contributed by atoms with E-state index in [0.717, 1.165) is 23.1 Å². The van der Waals surface area contributed by atoms with Crippen LogP contribution in [0.5, 0.6) is 5.75 Å². The molecule has 4 aromatic rings. The van der Waals surface area contributed by atoms with Crippen LogP contribution in [0.25, 0.3) is 0 Å². The van der Waals surface area contributed by atoms with E-state index in [4.69, 9.17) is 4.74 Å². The van der Waals surface area contributed by atoms with Crippen molar-refractivity contribution in [3.63, 3.8) is 0 Å². The molecule has 0 atom stereocenters. The van der Waals surface area contributed by atoms with Gasteiger partial charge in [-0.25, -0.2) is 4.39 Å². The number of benzene rings is 4. The van der Waals surface area contributed by atoms with Crippen molar-refractivity contribution < 1.29 is 18.7 Å². The Balaban J connectivity index is 1.46. The standard InChI is InChI=1S/C33H31FN2O3/c1-33(2)32(38)36(23-26-13-16-28(34)17-14-26)29-21-27(15-18-30(29)39-33)31(37)35(22-25-11-7-4-8-12-25)20-19-24-9-5-3-6-10-24/h3-18,21H,19-20,22-23H2,1-2H3. The highest BCUT2D eigenvalue weighted by Gasteiger charge is 2.41. The van der Waals surface area contributed by atoms with Crippen molar-refractivity contribution in [2.75, 3.05) is 11.4 Å². The first kappa shape index (κ1) is 26.2. The lowest BCUT2D eigenvalue weighted by atomic mass is 10.0. The van der Waals surface area contributed by atoms with Crippen LogP contribution in [-0.2, 0) is 24.3 Å². The van der Waals surface area contributed by atoms with Crippen LogP contribution in [0.3, 0.4) is 0 Å². The van der Waals surface area contributed by atoms with Gasteiger partial charge >= 0.3 is 0 Å². The molecule has 5 nitrogen and oxygen atoms in total. The minimum Gasteiger partial charge on any atom is -0.476 e. The molecule has 0 saturated carbocycles. The van der Waals surface area contributed by atoms with E-state index < -0.39 is 5.60 Å². The van der Waals surface area contributed by atoms with Gasteiger partial charge in [-0.15, -0.1) is 0 Å². The molecule has 1 aliphatic heterocycles. The fourth-order valence-electron chi connectivity index (χ4n) is 4.78. The number of nitrogens with zero attached hydrogens (tertiary/aromatic N) is 2. The average Bonchev–Trinajstić information content (AvgIpc) is 2.95. The van der Waals surface area contributed by atoms with Crippen LogP contribution in [-0.4, -0.2) is 28.9 Å². The summed E-state index contributed by atoms with van der Waals surface area (Å²) in [4.78, 5) is 30.8. The van der Waals surface area contributed by atoms with E-state index in [-0.39, 0.29) is 24.2 Å². The molecule has 0 aromatic heterocycles. The SMILES string of the molecule is CC1(C)Oc2ccc(C(=O)N(CCc3ccccc3)Cc3ccccc3)cc2N(Cc2ccc(F)cc2)C1=O. The number of fused-ring (bicyclic) bond motifs is 1. The van der Waals surface area contributed by atoms with Crippen LogP contribution in [0.2, 0.25) is 0 Å². The number of ether oxygens (including phenoxy) is 1.